The number of halogens is 1. The molecule has 2 rings (SSSR count). The molecule has 120 valence electrons. The Morgan fingerprint density at radius 2 is 2.10 bits per heavy atom. The van der Waals surface area contributed by atoms with Gasteiger partial charge in [-0.25, -0.2) is 4.79 Å². The predicted octanol–water partition coefficient (Wildman–Crippen LogP) is 0.441. The van der Waals surface area contributed by atoms with Crippen LogP contribution in [0.1, 0.15) is 26.2 Å². The van der Waals surface area contributed by atoms with Crippen molar-refractivity contribution in [3.05, 3.63) is 0 Å². The lowest BCUT2D eigenvalue weighted by atomic mass is 9.81. The van der Waals surface area contributed by atoms with E-state index < -0.39 is 23.3 Å². The van der Waals surface area contributed by atoms with Gasteiger partial charge in [0.05, 0.1) is 12.0 Å². The van der Waals surface area contributed by atoms with E-state index in [1.807, 2.05) is 4.90 Å². The lowest BCUT2D eigenvalue weighted by Crippen LogP contribution is -2.44. The van der Waals surface area contributed by atoms with Crippen molar-refractivity contribution in [1.29, 1.82) is 0 Å². The van der Waals surface area contributed by atoms with Crippen molar-refractivity contribution in [3.8, 4) is 0 Å². The number of nitrogens with one attached hydrogen (secondary N) is 2. The lowest BCUT2D eigenvalue weighted by molar-refractivity contribution is -0.149. The van der Waals surface area contributed by atoms with E-state index in [4.69, 9.17) is 0 Å². The second kappa shape index (κ2) is 7.09. The van der Waals surface area contributed by atoms with Gasteiger partial charge in [0.2, 0.25) is 5.91 Å². The van der Waals surface area contributed by atoms with Crippen LogP contribution in [0.15, 0.2) is 0 Å². The third-order valence-electron chi connectivity index (χ3n) is 4.32. The first-order valence-electron chi connectivity index (χ1n) is 7.01. The molecule has 0 bridgehead atoms. The highest BCUT2D eigenvalue weighted by Crippen LogP contribution is 2.48. The van der Waals surface area contributed by atoms with E-state index in [9.17, 15) is 19.5 Å². The molecular formula is C13H22ClN3O4. The fourth-order valence-electron chi connectivity index (χ4n) is 3.44. The monoisotopic (exact) mass is 319 g/mol. The molecule has 0 aromatic rings. The van der Waals surface area contributed by atoms with E-state index >= 15 is 0 Å². The van der Waals surface area contributed by atoms with Crippen LogP contribution in [0.2, 0.25) is 0 Å². The fraction of sp³-hybridized carbons (Fsp3) is 0.769. The quantitative estimate of drug-likeness (QED) is 0.698. The molecule has 1 heterocycles. The van der Waals surface area contributed by atoms with Gasteiger partial charge in [-0.3, -0.25) is 19.8 Å². The molecule has 21 heavy (non-hydrogen) atoms. The van der Waals surface area contributed by atoms with Crippen LogP contribution in [0.5, 0.6) is 0 Å². The maximum atomic E-state index is 11.7. The van der Waals surface area contributed by atoms with Crippen molar-refractivity contribution >= 4 is 30.3 Å². The SMILES string of the molecule is CCNC(=O)NC(=O)CN1C[C@@H]2CCC[C@@]2(C(=O)O)C1.Cl. The van der Waals surface area contributed by atoms with Crippen LogP contribution in [0.4, 0.5) is 4.79 Å². The number of carbonyl (C=O) groups is 3. The minimum atomic E-state index is -0.758. The summed E-state index contributed by atoms with van der Waals surface area (Å²) in [5, 5.41) is 14.2. The molecule has 1 aliphatic heterocycles. The number of nitrogens with zero attached hydrogens (tertiary/aromatic N) is 1. The maximum absolute atomic E-state index is 11.7. The first kappa shape index (κ1) is 17.7. The summed E-state index contributed by atoms with van der Waals surface area (Å²) in [6.45, 7) is 3.31. The molecular weight excluding hydrogens is 298 g/mol. The molecule has 0 aromatic heterocycles. The number of carboxylic acid groups (broad SMARTS) is 1. The molecule has 2 aliphatic rings. The van der Waals surface area contributed by atoms with Gasteiger partial charge in [-0.1, -0.05) is 6.42 Å². The number of likely N-dealkylation sites (tertiary alicyclic amines) is 1. The summed E-state index contributed by atoms with van der Waals surface area (Å²) in [6, 6.07) is -0.509. The van der Waals surface area contributed by atoms with E-state index in [1.165, 1.54) is 0 Å². The Morgan fingerprint density at radius 3 is 2.67 bits per heavy atom. The molecule has 2 atom stereocenters. The van der Waals surface area contributed by atoms with Gasteiger partial charge >= 0.3 is 12.0 Å². The molecule has 0 spiro atoms. The third kappa shape index (κ3) is 3.65. The van der Waals surface area contributed by atoms with Crippen molar-refractivity contribution in [2.75, 3.05) is 26.2 Å². The zero-order valence-corrected chi connectivity index (χ0v) is 12.9. The van der Waals surface area contributed by atoms with Gasteiger partial charge in [0.25, 0.3) is 0 Å². The zero-order chi connectivity index (χ0) is 14.8. The molecule has 3 amide bonds. The van der Waals surface area contributed by atoms with Crippen LogP contribution >= 0.6 is 12.4 Å². The molecule has 0 aromatic carbocycles. The van der Waals surface area contributed by atoms with Crippen LogP contribution in [-0.2, 0) is 9.59 Å². The highest BCUT2D eigenvalue weighted by atomic mass is 35.5. The van der Waals surface area contributed by atoms with Crippen molar-refractivity contribution in [3.63, 3.8) is 0 Å². The van der Waals surface area contributed by atoms with Crippen molar-refractivity contribution in [2.45, 2.75) is 26.2 Å². The highest BCUT2D eigenvalue weighted by Gasteiger charge is 2.54. The third-order valence-corrected chi connectivity index (χ3v) is 4.32. The Morgan fingerprint density at radius 1 is 1.38 bits per heavy atom. The van der Waals surface area contributed by atoms with E-state index in [-0.39, 0.29) is 24.9 Å². The maximum Gasteiger partial charge on any atom is 0.321 e. The number of carbonyl (C=O) groups excluding carboxylic acids is 2. The first-order chi connectivity index (χ1) is 9.48. The van der Waals surface area contributed by atoms with Crippen LogP contribution in [0.25, 0.3) is 0 Å². The topological polar surface area (TPSA) is 98.7 Å². The number of rotatable bonds is 4. The van der Waals surface area contributed by atoms with Crippen molar-refractivity contribution in [1.82, 2.24) is 15.5 Å². The van der Waals surface area contributed by atoms with Crippen LogP contribution in [0, 0.1) is 11.3 Å². The van der Waals surface area contributed by atoms with Crippen LogP contribution in [-0.4, -0.2) is 54.1 Å². The second-order valence-electron chi connectivity index (χ2n) is 5.63. The summed E-state index contributed by atoms with van der Waals surface area (Å²) in [4.78, 5) is 36.3. The number of urea groups is 1. The molecule has 1 saturated carbocycles. The first-order valence-corrected chi connectivity index (χ1v) is 7.01. The average molecular weight is 320 g/mol. The number of carboxylic acids is 1. The van der Waals surface area contributed by atoms with Crippen LogP contribution in [0.3, 0.4) is 0 Å². The normalized spacial score (nSPS) is 27.6. The fourth-order valence-corrected chi connectivity index (χ4v) is 3.44. The van der Waals surface area contributed by atoms with E-state index in [0.717, 1.165) is 12.8 Å². The summed E-state index contributed by atoms with van der Waals surface area (Å²) in [7, 11) is 0. The number of imide groups is 1. The van der Waals surface area contributed by atoms with E-state index in [2.05, 4.69) is 10.6 Å². The molecule has 0 radical (unpaired) electrons. The number of amides is 3. The summed E-state index contributed by atoms with van der Waals surface area (Å²) in [6.07, 6.45) is 2.53. The summed E-state index contributed by atoms with van der Waals surface area (Å²) in [5.41, 5.74) is -0.689. The largest absolute Gasteiger partial charge is 0.481 e. The van der Waals surface area contributed by atoms with Crippen molar-refractivity contribution < 1.29 is 19.5 Å². The van der Waals surface area contributed by atoms with Gasteiger partial charge in [-0.05, 0) is 25.7 Å². The van der Waals surface area contributed by atoms with E-state index in [1.54, 1.807) is 6.92 Å². The molecule has 3 N–H and O–H groups in total. The lowest BCUT2D eigenvalue weighted by Gasteiger charge is -2.23. The van der Waals surface area contributed by atoms with Crippen molar-refractivity contribution in [2.24, 2.45) is 11.3 Å². The van der Waals surface area contributed by atoms with Crippen LogP contribution < -0.4 is 10.6 Å². The molecule has 7 nitrogen and oxygen atoms in total. The van der Waals surface area contributed by atoms with Gasteiger partial charge < -0.3 is 10.4 Å². The van der Waals surface area contributed by atoms with Gasteiger partial charge in [0, 0.05) is 19.6 Å². The van der Waals surface area contributed by atoms with E-state index in [0.29, 0.717) is 26.1 Å². The Kier molecular flexibility index (Phi) is 5.98. The highest BCUT2D eigenvalue weighted by molar-refractivity contribution is 5.95. The number of hydrogen-bond donors (Lipinski definition) is 3. The summed E-state index contributed by atoms with van der Waals surface area (Å²) in [5.74, 6) is -1.03. The Labute approximate surface area is 129 Å². The average Bonchev–Trinajstić information content (AvgIpc) is 2.85. The number of aliphatic carboxylic acids is 1. The Bertz CT molecular complexity index is 432. The van der Waals surface area contributed by atoms with Gasteiger partial charge in [-0.2, -0.15) is 0 Å². The summed E-state index contributed by atoms with van der Waals surface area (Å²) >= 11 is 0. The molecule has 1 aliphatic carbocycles. The van der Waals surface area contributed by atoms with Gasteiger partial charge in [0.1, 0.15) is 0 Å². The smallest absolute Gasteiger partial charge is 0.321 e. The molecule has 2 fully saturated rings. The predicted molar refractivity (Wildman–Crippen MR) is 78.3 cm³/mol. The summed E-state index contributed by atoms with van der Waals surface area (Å²) < 4.78 is 0. The Hall–Kier alpha value is -1.34. The molecule has 0 unspecified atom stereocenters. The Balaban J connectivity index is 0.00000220. The standard InChI is InChI=1S/C13H21N3O4.ClH/c1-2-14-12(20)15-10(17)7-16-6-9-4-3-5-13(9,8-16)11(18)19;/h9H,2-8H2,1H3,(H,18,19)(H2,14,15,17,20);1H/t9-,13+;/m0./s1. The minimum absolute atomic E-state index is 0. The second-order valence-corrected chi connectivity index (χ2v) is 5.63. The van der Waals surface area contributed by atoms with Gasteiger partial charge in [-0.15, -0.1) is 12.4 Å². The number of fused-ring (bicyclic) bond motifs is 1. The molecule has 8 heteroatoms. The minimum Gasteiger partial charge on any atom is -0.481 e. The molecule has 1 saturated heterocycles. The van der Waals surface area contributed by atoms with Gasteiger partial charge in [0.15, 0.2) is 0 Å². The number of hydrogen-bond acceptors (Lipinski definition) is 4. The zero-order valence-electron chi connectivity index (χ0n) is 12.1.